The summed E-state index contributed by atoms with van der Waals surface area (Å²) in [5, 5.41) is 2.99. The zero-order chi connectivity index (χ0) is 12.6. The highest BCUT2D eigenvalue weighted by atomic mass is 16.2. The molecule has 0 fully saturated rings. The van der Waals surface area contributed by atoms with Crippen LogP contribution in [0, 0.1) is 18.8 Å². The molecule has 2 atom stereocenters. The molecule has 1 aliphatic heterocycles. The molecule has 1 aromatic rings. The number of aryl methyl sites for hydroxylation is 1. The van der Waals surface area contributed by atoms with Crippen LogP contribution in [0.1, 0.15) is 44.2 Å². The zero-order valence-electron chi connectivity index (χ0n) is 11.1. The highest BCUT2D eigenvalue weighted by Crippen LogP contribution is 2.39. The van der Waals surface area contributed by atoms with Gasteiger partial charge >= 0.3 is 0 Å². The average Bonchev–Trinajstić information content (AvgIpc) is 2.52. The summed E-state index contributed by atoms with van der Waals surface area (Å²) >= 11 is 0. The highest BCUT2D eigenvalue weighted by Gasteiger charge is 2.34. The van der Waals surface area contributed by atoms with Gasteiger partial charge in [-0.3, -0.25) is 4.79 Å². The number of nitrogens with one attached hydrogen (secondary N) is 1. The number of rotatable bonds is 3. The van der Waals surface area contributed by atoms with Crippen LogP contribution in [0.15, 0.2) is 18.2 Å². The van der Waals surface area contributed by atoms with Crippen LogP contribution < -0.4 is 5.32 Å². The molecule has 2 rings (SSSR count). The van der Waals surface area contributed by atoms with Gasteiger partial charge in [0.05, 0.1) is 5.92 Å². The third kappa shape index (κ3) is 2.36. The fourth-order valence-corrected chi connectivity index (χ4v) is 2.85. The minimum Gasteiger partial charge on any atom is -0.325 e. The summed E-state index contributed by atoms with van der Waals surface area (Å²) in [7, 11) is 0. The second kappa shape index (κ2) is 4.52. The van der Waals surface area contributed by atoms with Crippen molar-refractivity contribution < 1.29 is 4.79 Å². The van der Waals surface area contributed by atoms with E-state index in [1.165, 1.54) is 11.1 Å². The Hall–Kier alpha value is -1.31. The van der Waals surface area contributed by atoms with Gasteiger partial charge in [0.2, 0.25) is 5.91 Å². The fraction of sp³-hybridized carbons (Fsp3) is 0.533. The van der Waals surface area contributed by atoms with Gasteiger partial charge in [-0.25, -0.2) is 0 Å². The topological polar surface area (TPSA) is 29.1 Å². The third-order valence-electron chi connectivity index (χ3n) is 3.49. The van der Waals surface area contributed by atoms with Crippen molar-refractivity contribution in [1.82, 2.24) is 0 Å². The predicted molar refractivity (Wildman–Crippen MR) is 71.2 cm³/mol. The monoisotopic (exact) mass is 231 g/mol. The lowest BCUT2D eigenvalue weighted by atomic mass is 9.83. The Bertz CT molecular complexity index is 437. The van der Waals surface area contributed by atoms with Gasteiger partial charge in [-0.15, -0.1) is 0 Å². The van der Waals surface area contributed by atoms with Crippen LogP contribution >= 0.6 is 0 Å². The number of hydrogen-bond donors (Lipinski definition) is 1. The van der Waals surface area contributed by atoms with Gasteiger partial charge in [-0.05, 0) is 36.8 Å². The number of amides is 1. The number of anilines is 1. The largest absolute Gasteiger partial charge is 0.325 e. The van der Waals surface area contributed by atoms with Crippen molar-refractivity contribution in [3.8, 4) is 0 Å². The molecule has 1 aliphatic rings. The molecule has 2 unspecified atom stereocenters. The molecule has 2 nitrogen and oxygen atoms in total. The molecule has 0 saturated heterocycles. The Morgan fingerprint density at radius 3 is 2.65 bits per heavy atom. The molecule has 0 saturated carbocycles. The number of benzene rings is 1. The first-order chi connectivity index (χ1) is 7.99. The Kier molecular flexibility index (Phi) is 3.23. The van der Waals surface area contributed by atoms with Crippen molar-refractivity contribution in [3.05, 3.63) is 29.3 Å². The van der Waals surface area contributed by atoms with E-state index in [0.29, 0.717) is 11.8 Å². The van der Waals surface area contributed by atoms with Crippen molar-refractivity contribution >= 4 is 11.6 Å². The van der Waals surface area contributed by atoms with Crippen LogP contribution in [0.4, 0.5) is 5.69 Å². The van der Waals surface area contributed by atoms with Gasteiger partial charge in [0, 0.05) is 5.69 Å². The normalized spacial score (nSPS) is 20.3. The van der Waals surface area contributed by atoms with Crippen molar-refractivity contribution in [1.29, 1.82) is 0 Å². The van der Waals surface area contributed by atoms with Gasteiger partial charge in [0.1, 0.15) is 0 Å². The van der Waals surface area contributed by atoms with Crippen molar-refractivity contribution in [2.45, 2.75) is 40.0 Å². The van der Waals surface area contributed by atoms with E-state index in [4.69, 9.17) is 0 Å². The van der Waals surface area contributed by atoms with E-state index in [1.807, 2.05) is 6.07 Å². The van der Waals surface area contributed by atoms with Crippen LogP contribution in [0.25, 0.3) is 0 Å². The molecule has 0 aromatic heterocycles. The third-order valence-corrected chi connectivity index (χ3v) is 3.49. The van der Waals surface area contributed by atoms with Crippen LogP contribution in [-0.2, 0) is 4.79 Å². The molecule has 0 aliphatic carbocycles. The lowest BCUT2D eigenvalue weighted by molar-refractivity contribution is -0.118. The Labute approximate surface area is 103 Å². The summed E-state index contributed by atoms with van der Waals surface area (Å²) in [6, 6.07) is 6.22. The molecule has 0 radical (unpaired) electrons. The highest BCUT2D eigenvalue weighted by molar-refractivity contribution is 6.03. The lowest BCUT2D eigenvalue weighted by Crippen LogP contribution is -2.20. The first-order valence-corrected chi connectivity index (χ1v) is 6.40. The quantitative estimate of drug-likeness (QED) is 0.844. The van der Waals surface area contributed by atoms with Gasteiger partial charge in [0.25, 0.3) is 0 Å². The number of carbonyl (C=O) groups is 1. The number of hydrogen-bond acceptors (Lipinski definition) is 1. The van der Waals surface area contributed by atoms with Crippen LogP contribution in [-0.4, -0.2) is 5.91 Å². The lowest BCUT2D eigenvalue weighted by Gasteiger charge is -2.20. The van der Waals surface area contributed by atoms with E-state index in [9.17, 15) is 4.79 Å². The molecule has 17 heavy (non-hydrogen) atoms. The molecule has 1 amide bonds. The van der Waals surface area contributed by atoms with Crippen LogP contribution in [0.3, 0.4) is 0 Å². The van der Waals surface area contributed by atoms with E-state index >= 15 is 0 Å². The molecule has 0 spiro atoms. The first-order valence-electron chi connectivity index (χ1n) is 6.40. The first kappa shape index (κ1) is 12.2. The molecular weight excluding hydrogens is 210 g/mol. The average molecular weight is 231 g/mol. The van der Waals surface area contributed by atoms with Gasteiger partial charge in [-0.2, -0.15) is 0 Å². The molecular formula is C15H21NO. The summed E-state index contributed by atoms with van der Waals surface area (Å²) in [6.45, 7) is 8.68. The van der Waals surface area contributed by atoms with Crippen LogP contribution in [0.5, 0.6) is 0 Å². The van der Waals surface area contributed by atoms with Crippen molar-refractivity contribution in [2.75, 3.05) is 5.32 Å². The molecule has 1 N–H and O–H groups in total. The molecule has 2 heteroatoms. The second-order valence-corrected chi connectivity index (χ2v) is 5.66. The molecule has 1 heterocycles. The minimum absolute atomic E-state index is 0.0345. The Balaban J connectivity index is 2.30. The fourth-order valence-electron chi connectivity index (χ4n) is 2.85. The van der Waals surface area contributed by atoms with E-state index in [2.05, 4.69) is 45.1 Å². The van der Waals surface area contributed by atoms with Crippen LogP contribution in [0.2, 0.25) is 0 Å². The maximum Gasteiger partial charge on any atom is 0.232 e. The Morgan fingerprint density at radius 2 is 2.00 bits per heavy atom. The summed E-state index contributed by atoms with van der Waals surface area (Å²) in [5.74, 6) is 1.23. The maximum absolute atomic E-state index is 12.1. The number of carbonyl (C=O) groups excluding carboxylic acids is 1. The van der Waals surface area contributed by atoms with Crippen molar-refractivity contribution in [2.24, 2.45) is 11.8 Å². The predicted octanol–water partition coefficient (Wildman–Crippen LogP) is 3.71. The smallest absolute Gasteiger partial charge is 0.232 e. The van der Waals surface area contributed by atoms with E-state index < -0.39 is 0 Å². The number of fused-ring (bicyclic) bond motifs is 1. The van der Waals surface area contributed by atoms with E-state index in [1.54, 1.807) is 0 Å². The van der Waals surface area contributed by atoms with Crippen molar-refractivity contribution in [3.63, 3.8) is 0 Å². The Morgan fingerprint density at radius 1 is 1.29 bits per heavy atom. The summed E-state index contributed by atoms with van der Waals surface area (Å²) in [5.41, 5.74) is 3.41. The molecule has 1 aromatic carbocycles. The minimum atomic E-state index is 0.0345. The maximum atomic E-state index is 12.1. The standard InChI is InChI=1S/C15H21NO/c1-9(2)7-11(4)14-12-8-10(3)5-6-13(12)16-15(14)17/h5-6,8-9,11,14H,7H2,1-4H3,(H,16,17). The van der Waals surface area contributed by atoms with Gasteiger partial charge < -0.3 is 5.32 Å². The molecule has 92 valence electrons. The summed E-state index contributed by atoms with van der Waals surface area (Å²) in [4.78, 5) is 12.1. The van der Waals surface area contributed by atoms with Gasteiger partial charge in [0.15, 0.2) is 0 Å². The zero-order valence-corrected chi connectivity index (χ0v) is 11.1. The summed E-state index contributed by atoms with van der Waals surface area (Å²) < 4.78 is 0. The van der Waals surface area contributed by atoms with E-state index in [0.717, 1.165) is 12.1 Å². The summed E-state index contributed by atoms with van der Waals surface area (Å²) in [6.07, 6.45) is 1.09. The van der Waals surface area contributed by atoms with Gasteiger partial charge in [-0.1, -0.05) is 38.5 Å². The molecule has 0 bridgehead atoms. The second-order valence-electron chi connectivity index (χ2n) is 5.66. The SMILES string of the molecule is Cc1ccc2c(c1)C(C(C)CC(C)C)C(=O)N2. The van der Waals surface area contributed by atoms with E-state index in [-0.39, 0.29) is 11.8 Å².